The molecule has 3 heterocycles. The van der Waals surface area contributed by atoms with Gasteiger partial charge in [-0.2, -0.15) is 0 Å². The average molecular weight is 422 g/mol. The Balaban J connectivity index is 1.35. The number of hydrogen-bond acceptors (Lipinski definition) is 5. The Morgan fingerprint density at radius 2 is 2.10 bits per heavy atom. The van der Waals surface area contributed by atoms with E-state index in [4.69, 9.17) is 9.47 Å². The maximum atomic E-state index is 13.0. The molecule has 1 N–H and O–H groups in total. The number of aromatic nitrogens is 2. The number of methoxy groups -OCH3 is 1. The third-order valence-electron chi connectivity index (χ3n) is 5.43. The fourth-order valence-electron chi connectivity index (χ4n) is 3.75. The first-order valence-corrected chi connectivity index (χ1v) is 10.3. The van der Waals surface area contributed by atoms with Crippen molar-refractivity contribution in [2.75, 3.05) is 33.4 Å². The van der Waals surface area contributed by atoms with Crippen molar-refractivity contribution >= 4 is 17.5 Å². The molecule has 0 radical (unpaired) electrons. The normalized spacial score (nSPS) is 16.3. The number of para-hydroxylation sites is 1. The summed E-state index contributed by atoms with van der Waals surface area (Å²) in [6.07, 6.45) is 3.53. The van der Waals surface area contributed by atoms with Crippen LogP contribution in [0.3, 0.4) is 0 Å². The van der Waals surface area contributed by atoms with E-state index in [9.17, 15) is 9.59 Å². The lowest BCUT2D eigenvalue weighted by molar-refractivity contribution is -0.137. The largest absolute Gasteiger partial charge is 0.496 e. The Bertz CT molecular complexity index is 1090. The first kappa shape index (κ1) is 20.9. The molecule has 2 amide bonds. The van der Waals surface area contributed by atoms with Crippen LogP contribution in [0.5, 0.6) is 5.75 Å². The van der Waals surface area contributed by atoms with Gasteiger partial charge in [0.1, 0.15) is 17.1 Å². The van der Waals surface area contributed by atoms with Crippen LogP contribution in [0, 0.1) is 6.92 Å². The molecular formula is C23H26N4O4. The molecule has 0 aliphatic carbocycles. The first-order chi connectivity index (χ1) is 15.1. The molecule has 162 valence electrons. The van der Waals surface area contributed by atoms with Crippen LogP contribution in [0.15, 0.2) is 48.8 Å². The van der Waals surface area contributed by atoms with E-state index in [2.05, 4.69) is 10.3 Å². The zero-order valence-electron chi connectivity index (χ0n) is 17.7. The van der Waals surface area contributed by atoms with Gasteiger partial charge in [0.2, 0.25) is 0 Å². The van der Waals surface area contributed by atoms with Gasteiger partial charge in [-0.3, -0.25) is 9.59 Å². The maximum absolute atomic E-state index is 13.0. The van der Waals surface area contributed by atoms with Crippen molar-refractivity contribution in [3.63, 3.8) is 0 Å². The average Bonchev–Trinajstić information content (AvgIpc) is 3.25. The second-order valence-corrected chi connectivity index (χ2v) is 7.51. The number of aryl methyl sites for hydroxylation is 1. The molecule has 0 spiro atoms. The number of nitrogens with one attached hydrogen (secondary N) is 1. The number of nitrogens with zero attached hydrogens (tertiary/aromatic N) is 3. The van der Waals surface area contributed by atoms with Crippen LogP contribution in [0.25, 0.3) is 5.65 Å². The molecule has 1 atom stereocenters. The predicted octanol–water partition coefficient (Wildman–Crippen LogP) is 1.85. The maximum Gasteiger partial charge on any atom is 0.274 e. The number of ether oxygens (including phenoxy) is 2. The number of benzene rings is 1. The van der Waals surface area contributed by atoms with Gasteiger partial charge in [0.25, 0.3) is 11.8 Å². The van der Waals surface area contributed by atoms with Crippen LogP contribution in [-0.4, -0.2) is 65.6 Å². The van der Waals surface area contributed by atoms with Crippen molar-refractivity contribution in [3.05, 3.63) is 65.6 Å². The van der Waals surface area contributed by atoms with Crippen LogP contribution in [-0.2, 0) is 16.0 Å². The monoisotopic (exact) mass is 422 g/mol. The molecule has 1 aromatic carbocycles. The highest BCUT2D eigenvalue weighted by molar-refractivity contribution is 5.93. The van der Waals surface area contributed by atoms with E-state index in [-0.39, 0.29) is 18.4 Å². The molecular weight excluding hydrogens is 396 g/mol. The van der Waals surface area contributed by atoms with Gasteiger partial charge in [-0.15, -0.1) is 0 Å². The van der Waals surface area contributed by atoms with Gasteiger partial charge in [0.15, 0.2) is 6.10 Å². The molecule has 1 fully saturated rings. The molecule has 0 bridgehead atoms. The van der Waals surface area contributed by atoms with Gasteiger partial charge in [-0.05, 0) is 36.6 Å². The van der Waals surface area contributed by atoms with E-state index in [1.54, 1.807) is 18.2 Å². The minimum absolute atomic E-state index is 0.196. The van der Waals surface area contributed by atoms with Crippen molar-refractivity contribution in [1.82, 2.24) is 19.6 Å². The van der Waals surface area contributed by atoms with Crippen LogP contribution in [0.2, 0.25) is 0 Å². The highest BCUT2D eigenvalue weighted by Gasteiger charge is 2.30. The second kappa shape index (κ2) is 9.18. The minimum Gasteiger partial charge on any atom is -0.496 e. The Kier molecular flexibility index (Phi) is 6.18. The summed E-state index contributed by atoms with van der Waals surface area (Å²) in [7, 11) is 1.63. The number of hydrogen-bond donors (Lipinski definition) is 1. The third kappa shape index (κ3) is 4.54. The van der Waals surface area contributed by atoms with Crippen molar-refractivity contribution in [2.24, 2.45) is 0 Å². The number of fused-ring (bicyclic) bond motifs is 1. The molecule has 3 aromatic rings. The minimum atomic E-state index is -0.700. The van der Waals surface area contributed by atoms with Crippen molar-refractivity contribution < 1.29 is 19.1 Å². The summed E-state index contributed by atoms with van der Waals surface area (Å²) in [4.78, 5) is 31.7. The molecule has 8 heteroatoms. The summed E-state index contributed by atoms with van der Waals surface area (Å²) in [5.41, 5.74) is 3.14. The summed E-state index contributed by atoms with van der Waals surface area (Å²) < 4.78 is 12.8. The number of pyridine rings is 1. The van der Waals surface area contributed by atoms with Gasteiger partial charge in [0.05, 0.1) is 20.3 Å². The molecule has 2 aromatic heterocycles. The number of carbonyl (C=O) groups is 2. The summed E-state index contributed by atoms with van der Waals surface area (Å²) in [6.45, 7) is 3.35. The van der Waals surface area contributed by atoms with Crippen LogP contribution in [0.1, 0.15) is 21.6 Å². The molecule has 1 unspecified atom stereocenters. The van der Waals surface area contributed by atoms with E-state index in [0.29, 0.717) is 31.8 Å². The van der Waals surface area contributed by atoms with E-state index < -0.39 is 6.10 Å². The zero-order valence-corrected chi connectivity index (χ0v) is 17.7. The van der Waals surface area contributed by atoms with Crippen LogP contribution in [0.4, 0.5) is 0 Å². The highest BCUT2D eigenvalue weighted by atomic mass is 16.5. The third-order valence-corrected chi connectivity index (χ3v) is 5.43. The van der Waals surface area contributed by atoms with E-state index >= 15 is 0 Å². The second-order valence-electron chi connectivity index (χ2n) is 7.51. The summed E-state index contributed by atoms with van der Waals surface area (Å²) >= 11 is 0. The highest BCUT2D eigenvalue weighted by Crippen LogP contribution is 2.17. The molecule has 1 aliphatic heterocycles. The van der Waals surface area contributed by atoms with Gasteiger partial charge in [0, 0.05) is 25.5 Å². The van der Waals surface area contributed by atoms with Crippen molar-refractivity contribution in [3.8, 4) is 5.75 Å². The van der Waals surface area contributed by atoms with Gasteiger partial charge >= 0.3 is 0 Å². The van der Waals surface area contributed by atoms with Crippen molar-refractivity contribution in [2.45, 2.75) is 19.4 Å². The Hall–Kier alpha value is -3.39. The topological polar surface area (TPSA) is 85.2 Å². The predicted molar refractivity (Wildman–Crippen MR) is 115 cm³/mol. The number of amides is 2. The number of rotatable bonds is 6. The fraction of sp³-hybridized carbons (Fsp3) is 0.348. The summed E-state index contributed by atoms with van der Waals surface area (Å²) in [5, 5.41) is 2.90. The van der Waals surface area contributed by atoms with E-state index in [1.807, 2.05) is 53.9 Å². The number of imidazole rings is 1. The molecule has 1 aliphatic rings. The lowest BCUT2D eigenvalue weighted by Crippen LogP contribution is -2.51. The lowest BCUT2D eigenvalue weighted by Gasteiger charge is -2.31. The van der Waals surface area contributed by atoms with Gasteiger partial charge < -0.3 is 24.1 Å². The molecule has 8 nitrogen and oxygen atoms in total. The standard InChI is InChI=1S/C23H26N4O4/c1-16-6-5-11-26-14-18(25-21(16)26)23(29)27-12-13-31-20(15-27)22(28)24-10-9-17-7-3-4-8-19(17)30-2/h3-8,11,14,20H,9-10,12-13,15H2,1-2H3,(H,24,28). The summed E-state index contributed by atoms with van der Waals surface area (Å²) in [6, 6.07) is 11.6. The van der Waals surface area contributed by atoms with Gasteiger partial charge in [-0.25, -0.2) is 4.98 Å². The molecule has 4 rings (SSSR count). The van der Waals surface area contributed by atoms with Crippen LogP contribution < -0.4 is 10.1 Å². The first-order valence-electron chi connectivity index (χ1n) is 10.3. The van der Waals surface area contributed by atoms with Gasteiger partial charge in [-0.1, -0.05) is 24.3 Å². The molecule has 31 heavy (non-hydrogen) atoms. The fourth-order valence-corrected chi connectivity index (χ4v) is 3.75. The zero-order chi connectivity index (χ0) is 21.8. The molecule has 1 saturated heterocycles. The van der Waals surface area contributed by atoms with E-state index in [1.165, 1.54) is 0 Å². The Morgan fingerprint density at radius 1 is 1.26 bits per heavy atom. The smallest absolute Gasteiger partial charge is 0.274 e. The Labute approximate surface area is 180 Å². The van der Waals surface area contributed by atoms with E-state index in [0.717, 1.165) is 22.5 Å². The SMILES string of the molecule is COc1ccccc1CCNC(=O)C1CN(C(=O)c2cn3cccc(C)c3n2)CCO1. The summed E-state index contributed by atoms with van der Waals surface area (Å²) in [5.74, 6) is 0.376. The number of morpholine rings is 1. The Morgan fingerprint density at radius 3 is 2.90 bits per heavy atom. The van der Waals surface area contributed by atoms with Crippen LogP contribution >= 0.6 is 0 Å². The quantitative estimate of drug-likeness (QED) is 0.655. The number of carbonyl (C=O) groups excluding carboxylic acids is 2. The molecule has 0 saturated carbocycles. The lowest BCUT2D eigenvalue weighted by atomic mass is 10.1. The van der Waals surface area contributed by atoms with Crippen molar-refractivity contribution in [1.29, 1.82) is 0 Å².